The van der Waals surface area contributed by atoms with Gasteiger partial charge in [0.1, 0.15) is 18.2 Å². The van der Waals surface area contributed by atoms with Crippen molar-refractivity contribution >= 4 is 23.4 Å². The van der Waals surface area contributed by atoms with Crippen LogP contribution in [0.25, 0.3) is 6.08 Å². The van der Waals surface area contributed by atoms with E-state index in [0.29, 0.717) is 36.0 Å². The minimum absolute atomic E-state index is 0.00460. The van der Waals surface area contributed by atoms with E-state index >= 15 is 0 Å². The van der Waals surface area contributed by atoms with Crippen LogP contribution in [0.3, 0.4) is 0 Å². The summed E-state index contributed by atoms with van der Waals surface area (Å²) in [6, 6.07) is 14.8. The first-order valence-corrected chi connectivity index (χ1v) is 10.3. The molecule has 6 heteroatoms. The quantitative estimate of drug-likeness (QED) is 0.314. The molecule has 0 heterocycles. The van der Waals surface area contributed by atoms with E-state index in [1.165, 1.54) is 6.08 Å². The number of carbonyl (C=O) groups is 1. The highest BCUT2D eigenvalue weighted by Gasteiger charge is 2.12. The van der Waals surface area contributed by atoms with Crippen molar-refractivity contribution in [3.63, 3.8) is 0 Å². The van der Waals surface area contributed by atoms with Gasteiger partial charge in [-0.3, -0.25) is 4.79 Å². The Bertz CT molecular complexity index is 955. The zero-order chi connectivity index (χ0) is 22.6. The molecule has 0 fully saturated rings. The lowest BCUT2D eigenvalue weighted by molar-refractivity contribution is -0.112. The van der Waals surface area contributed by atoms with E-state index in [9.17, 15) is 10.1 Å². The Balaban J connectivity index is 2.19. The average molecular weight is 420 g/mol. The minimum atomic E-state index is -0.469. The van der Waals surface area contributed by atoms with Gasteiger partial charge in [-0.05, 0) is 68.8 Å². The van der Waals surface area contributed by atoms with Crippen LogP contribution in [0.1, 0.15) is 26.3 Å². The Hall–Kier alpha value is -3.72. The molecule has 0 bridgehead atoms. The van der Waals surface area contributed by atoms with Gasteiger partial charge in [-0.25, -0.2) is 0 Å². The Morgan fingerprint density at radius 1 is 1.10 bits per heavy atom. The molecule has 0 radical (unpaired) electrons. The third kappa shape index (κ3) is 6.65. The molecule has 6 nitrogen and oxygen atoms in total. The lowest BCUT2D eigenvalue weighted by atomic mass is 10.1. The summed E-state index contributed by atoms with van der Waals surface area (Å²) in [5, 5.41) is 12.3. The van der Waals surface area contributed by atoms with E-state index < -0.39 is 5.91 Å². The van der Waals surface area contributed by atoms with E-state index in [1.807, 2.05) is 37.3 Å². The zero-order valence-corrected chi connectivity index (χ0v) is 18.4. The van der Waals surface area contributed by atoms with Crippen LogP contribution in [0.5, 0.6) is 11.5 Å². The topological polar surface area (TPSA) is 74.6 Å². The molecule has 0 saturated carbocycles. The summed E-state index contributed by atoms with van der Waals surface area (Å²) in [5.74, 6) is 0.654. The van der Waals surface area contributed by atoms with Gasteiger partial charge in [0, 0.05) is 24.5 Å². The fraction of sp³-hybridized carbons (Fsp3) is 0.280. The van der Waals surface area contributed by atoms with Crippen LogP contribution in [0.15, 0.2) is 60.7 Å². The molecule has 2 aromatic rings. The van der Waals surface area contributed by atoms with E-state index in [2.05, 4.69) is 30.6 Å². The molecular weight excluding hydrogens is 390 g/mol. The molecule has 0 aromatic heterocycles. The molecule has 0 atom stereocenters. The van der Waals surface area contributed by atoms with Crippen molar-refractivity contribution in [1.29, 1.82) is 5.26 Å². The van der Waals surface area contributed by atoms with Crippen molar-refractivity contribution in [2.75, 3.05) is 36.5 Å². The van der Waals surface area contributed by atoms with E-state index in [0.717, 1.165) is 18.8 Å². The summed E-state index contributed by atoms with van der Waals surface area (Å²) < 4.78 is 11.2. The molecule has 0 aliphatic carbocycles. The summed E-state index contributed by atoms with van der Waals surface area (Å²) in [6.07, 6.45) is 3.18. The number of hydrogen-bond acceptors (Lipinski definition) is 5. The lowest BCUT2D eigenvalue weighted by Crippen LogP contribution is -2.21. The zero-order valence-electron chi connectivity index (χ0n) is 18.4. The average Bonchev–Trinajstić information content (AvgIpc) is 2.79. The summed E-state index contributed by atoms with van der Waals surface area (Å²) in [6.45, 7) is 12.3. The van der Waals surface area contributed by atoms with Gasteiger partial charge in [0.05, 0.1) is 6.61 Å². The number of nitriles is 1. The van der Waals surface area contributed by atoms with Crippen molar-refractivity contribution in [1.82, 2.24) is 0 Å². The van der Waals surface area contributed by atoms with E-state index in [4.69, 9.17) is 9.47 Å². The Morgan fingerprint density at radius 2 is 1.81 bits per heavy atom. The number of benzene rings is 2. The molecule has 162 valence electrons. The minimum Gasteiger partial charge on any atom is -0.490 e. The predicted octanol–water partition coefficient (Wildman–Crippen LogP) is 5.04. The van der Waals surface area contributed by atoms with Gasteiger partial charge in [-0.1, -0.05) is 18.7 Å². The predicted molar refractivity (Wildman–Crippen MR) is 126 cm³/mol. The maximum absolute atomic E-state index is 12.6. The summed E-state index contributed by atoms with van der Waals surface area (Å²) >= 11 is 0. The maximum atomic E-state index is 12.6. The number of amides is 1. The molecule has 2 aromatic carbocycles. The second kappa shape index (κ2) is 12.1. The van der Waals surface area contributed by atoms with Gasteiger partial charge in [0.25, 0.3) is 5.91 Å². The van der Waals surface area contributed by atoms with Crippen LogP contribution in [-0.4, -0.2) is 32.2 Å². The maximum Gasteiger partial charge on any atom is 0.266 e. The number of hydrogen-bond donors (Lipinski definition) is 1. The van der Waals surface area contributed by atoms with Crippen molar-refractivity contribution in [2.24, 2.45) is 0 Å². The lowest BCUT2D eigenvalue weighted by Gasteiger charge is -2.21. The first-order valence-electron chi connectivity index (χ1n) is 10.3. The Morgan fingerprint density at radius 3 is 2.39 bits per heavy atom. The number of anilines is 2. The van der Waals surface area contributed by atoms with Gasteiger partial charge in [-0.15, -0.1) is 0 Å². The van der Waals surface area contributed by atoms with Crippen LogP contribution < -0.4 is 19.7 Å². The summed E-state index contributed by atoms with van der Waals surface area (Å²) in [7, 11) is 0. The third-order valence-corrected chi connectivity index (χ3v) is 4.55. The summed E-state index contributed by atoms with van der Waals surface area (Å²) in [4.78, 5) is 14.8. The van der Waals surface area contributed by atoms with Gasteiger partial charge < -0.3 is 19.7 Å². The number of carbonyl (C=O) groups excluding carboxylic acids is 1. The molecule has 31 heavy (non-hydrogen) atoms. The van der Waals surface area contributed by atoms with Crippen LogP contribution in [0, 0.1) is 11.3 Å². The third-order valence-electron chi connectivity index (χ3n) is 4.55. The van der Waals surface area contributed by atoms with E-state index in [-0.39, 0.29) is 5.57 Å². The van der Waals surface area contributed by atoms with Crippen LogP contribution in [0.4, 0.5) is 11.4 Å². The molecule has 2 rings (SSSR count). The normalized spacial score (nSPS) is 10.7. The van der Waals surface area contributed by atoms with Crippen molar-refractivity contribution < 1.29 is 14.3 Å². The van der Waals surface area contributed by atoms with Gasteiger partial charge in [0.15, 0.2) is 11.5 Å². The number of nitrogens with zero attached hydrogens (tertiary/aromatic N) is 2. The standard InChI is InChI=1S/C25H29N3O3/c1-5-15-31-23-14-9-19(17-24(23)30-8-4)16-20(18-26)25(29)27-21-10-12-22(13-11-21)28(6-2)7-3/h5,9-14,16-17H,1,6-8,15H2,2-4H3,(H,27,29)/b20-16-. The van der Waals surface area contributed by atoms with Crippen molar-refractivity contribution in [3.05, 3.63) is 66.3 Å². The largest absolute Gasteiger partial charge is 0.490 e. The SMILES string of the molecule is C=CCOc1ccc(/C=C(/C#N)C(=O)Nc2ccc(N(CC)CC)cc2)cc1OCC. The number of rotatable bonds is 11. The van der Waals surface area contributed by atoms with Gasteiger partial charge >= 0.3 is 0 Å². The second-order valence-electron chi connectivity index (χ2n) is 6.58. The first kappa shape index (κ1) is 23.6. The second-order valence-corrected chi connectivity index (χ2v) is 6.58. The molecule has 0 spiro atoms. The number of ether oxygens (including phenoxy) is 2. The van der Waals surface area contributed by atoms with E-state index in [1.54, 1.807) is 24.3 Å². The fourth-order valence-electron chi connectivity index (χ4n) is 3.01. The smallest absolute Gasteiger partial charge is 0.266 e. The highest BCUT2D eigenvalue weighted by atomic mass is 16.5. The Labute approximate surface area is 184 Å². The molecule has 0 unspecified atom stereocenters. The molecule has 0 saturated heterocycles. The molecule has 1 amide bonds. The Kier molecular flexibility index (Phi) is 9.18. The first-order chi connectivity index (χ1) is 15.1. The fourth-order valence-corrected chi connectivity index (χ4v) is 3.01. The van der Waals surface area contributed by atoms with Gasteiger partial charge in [0.2, 0.25) is 0 Å². The highest BCUT2D eigenvalue weighted by Crippen LogP contribution is 2.29. The number of nitrogens with one attached hydrogen (secondary N) is 1. The van der Waals surface area contributed by atoms with Crippen LogP contribution >= 0.6 is 0 Å². The molecular formula is C25H29N3O3. The molecule has 1 N–H and O–H groups in total. The highest BCUT2D eigenvalue weighted by molar-refractivity contribution is 6.09. The van der Waals surface area contributed by atoms with Crippen molar-refractivity contribution in [3.8, 4) is 17.6 Å². The molecule has 0 aliphatic rings. The monoisotopic (exact) mass is 419 g/mol. The molecule has 0 aliphatic heterocycles. The summed E-state index contributed by atoms with van der Waals surface area (Å²) in [5.41, 5.74) is 2.37. The van der Waals surface area contributed by atoms with Crippen LogP contribution in [-0.2, 0) is 4.79 Å². The van der Waals surface area contributed by atoms with Crippen molar-refractivity contribution in [2.45, 2.75) is 20.8 Å². The van der Waals surface area contributed by atoms with Crippen LogP contribution in [0.2, 0.25) is 0 Å². The van der Waals surface area contributed by atoms with Gasteiger partial charge in [-0.2, -0.15) is 5.26 Å².